The van der Waals surface area contributed by atoms with Crippen molar-refractivity contribution in [2.45, 2.75) is 33.7 Å². The Bertz CT molecular complexity index is 717. The summed E-state index contributed by atoms with van der Waals surface area (Å²) in [7, 11) is 0. The standard InChI is InChI=1S/C17H20N2O/c1-4-16-15(14-7-5-6-8-17(14)20-16)11-18-19-12(2)9-10-13(19)3/h5-10,18H,4,11H2,1-3H3. The first-order valence-corrected chi connectivity index (χ1v) is 7.08. The van der Waals surface area contributed by atoms with Crippen molar-refractivity contribution in [3.63, 3.8) is 0 Å². The maximum absolute atomic E-state index is 5.93. The Hall–Kier alpha value is -2.16. The Balaban J connectivity index is 1.94. The van der Waals surface area contributed by atoms with E-state index in [0.29, 0.717) is 0 Å². The molecule has 0 spiro atoms. The molecule has 0 fully saturated rings. The van der Waals surface area contributed by atoms with Crippen LogP contribution in [0, 0.1) is 13.8 Å². The molecule has 1 aromatic carbocycles. The quantitative estimate of drug-likeness (QED) is 0.770. The van der Waals surface area contributed by atoms with Crippen LogP contribution in [0.3, 0.4) is 0 Å². The molecular formula is C17H20N2O. The molecule has 0 unspecified atom stereocenters. The Morgan fingerprint density at radius 1 is 1.05 bits per heavy atom. The lowest BCUT2D eigenvalue weighted by Gasteiger charge is -2.12. The first kappa shape index (κ1) is 12.9. The van der Waals surface area contributed by atoms with Crippen LogP contribution in [-0.2, 0) is 13.0 Å². The number of aromatic nitrogens is 1. The van der Waals surface area contributed by atoms with Gasteiger partial charge in [0.1, 0.15) is 11.3 Å². The third kappa shape index (κ3) is 2.09. The summed E-state index contributed by atoms with van der Waals surface area (Å²) in [5.74, 6) is 1.07. The third-order valence-corrected chi connectivity index (χ3v) is 3.79. The van der Waals surface area contributed by atoms with Gasteiger partial charge in [-0.1, -0.05) is 25.1 Å². The number of nitrogens with one attached hydrogen (secondary N) is 1. The molecule has 0 aliphatic heterocycles. The second-order valence-electron chi connectivity index (χ2n) is 5.14. The molecule has 0 saturated heterocycles. The van der Waals surface area contributed by atoms with Gasteiger partial charge in [0.15, 0.2) is 0 Å². The second kappa shape index (κ2) is 5.08. The van der Waals surface area contributed by atoms with E-state index in [1.807, 2.05) is 12.1 Å². The highest BCUT2D eigenvalue weighted by Gasteiger charge is 2.12. The van der Waals surface area contributed by atoms with Crippen LogP contribution < -0.4 is 5.43 Å². The van der Waals surface area contributed by atoms with Crippen LogP contribution in [0.2, 0.25) is 0 Å². The predicted octanol–water partition coefficient (Wildman–Crippen LogP) is 4.16. The highest BCUT2D eigenvalue weighted by Crippen LogP contribution is 2.26. The van der Waals surface area contributed by atoms with Gasteiger partial charge >= 0.3 is 0 Å². The fraction of sp³-hybridized carbons (Fsp3) is 0.294. The molecule has 0 radical (unpaired) electrons. The molecular weight excluding hydrogens is 248 g/mol. The van der Waals surface area contributed by atoms with Gasteiger partial charge in [-0.2, -0.15) is 0 Å². The van der Waals surface area contributed by atoms with Crippen LogP contribution in [0.1, 0.15) is 29.6 Å². The molecule has 3 aromatic rings. The number of rotatable bonds is 4. The van der Waals surface area contributed by atoms with Gasteiger partial charge in [0.2, 0.25) is 0 Å². The first-order chi connectivity index (χ1) is 9.70. The van der Waals surface area contributed by atoms with E-state index in [9.17, 15) is 0 Å². The molecule has 104 valence electrons. The summed E-state index contributed by atoms with van der Waals surface area (Å²) >= 11 is 0. The second-order valence-corrected chi connectivity index (χ2v) is 5.14. The Morgan fingerprint density at radius 3 is 2.45 bits per heavy atom. The van der Waals surface area contributed by atoms with E-state index in [2.05, 4.69) is 55.1 Å². The maximum Gasteiger partial charge on any atom is 0.134 e. The lowest BCUT2D eigenvalue weighted by atomic mass is 10.1. The summed E-state index contributed by atoms with van der Waals surface area (Å²) in [6.07, 6.45) is 0.912. The number of nitrogens with zero attached hydrogens (tertiary/aromatic N) is 1. The van der Waals surface area contributed by atoms with Crippen LogP contribution in [0.15, 0.2) is 40.8 Å². The summed E-state index contributed by atoms with van der Waals surface area (Å²) in [5.41, 5.74) is 8.15. The average molecular weight is 268 g/mol. The van der Waals surface area contributed by atoms with E-state index in [1.54, 1.807) is 0 Å². The van der Waals surface area contributed by atoms with Crippen LogP contribution in [0.4, 0.5) is 0 Å². The van der Waals surface area contributed by atoms with E-state index < -0.39 is 0 Å². The van der Waals surface area contributed by atoms with Crippen molar-refractivity contribution >= 4 is 11.0 Å². The Kier molecular flexibility index (Phi) is 3.26. The van der Waals surface area contributed by atoms with E-state index in [-0.39, 0.29) is 0 Å². The van der Waals surface area contributed by atoms with Gasteiger partial charge in [-0.05, 0) is 32.0 Å². The van der Waals surface area contributed by atoms with Gasteiger partial charge in [0.25, 0.3) is 0 Å². The molecule has 3 nitrogen and oxygen atoms in total. The van der Waals surface area contributed by atoms with Crippen molar-refractivity contribution in [3.8, 4) is 0 Å². The molecule has 0 bridgehead atoms. The van der Waals surface area contributed by atoms with Crippen molar-refractivity contribution in [1.29, 1.82) is 0 Å². The number of hydrogen-bond donors (Lipinski definition) is 1. The van der Waals surface area contributed by atoms with E-state index >= 15 is 0 Å². The van der Waals surface area contributed by atoms with Crippen molar-refractivity contribution in [2.24, 2.45) is 0 Å². The van der Waals surface area contributed by atoms with Gasteiger partial charge in [0.05, 0.1) is 6.54 Å². The summed E-state index contributed by atoms with van der Waals surface area (Å²) in [4.78, 5) is 0. The molecule has 0 saturated carbocycles. The minimum atomic E-state index is 0.774. The summed E-state index contributed by atoms with van der Waals surface area (Å²) in [5, 5.41) is 1.21. The topological polar surface area (TPSA) is 30.1 Å². The third-order valence-electron chi connectivity index (χ3n) is 3.79. The Labute approximate surface area is 119 Å². The van der Waals surface area contributed by atoms with Gasteiger partial charge in [-0.25, -0.2) is 0 Å². The summed E-state index contributed by atoms with van der Waals surface area (Å²) in [6.45, 7) is 7.12. The van der Waals surface area contributed by atoms with Gasteiger partial charge < -0.3 is 9.84 Å². The van der Waals surface area contributed by atoms with Gasteiger partial charge in [0, 0.05) is 28.8 Å². The van der Waals surface area contributed by atoms with E-state index in [1.165, 1.54) is 22.3 Å². The zero-order valence-electron chi connectivity index (χ0n) is 12.2. The SMILES string of the molecule is CCc1oc2ccccc2c1CNn1c(C)ccc1C. The molecule has 0 atom stereocenters. The van der Waals surface area contributed by atoms with E-state index in [4.69, 9.17) is 4.42 Å². The number of hydrogen-bond acceptors (Lipinski definition) is 2. The maximum atomic E-state index is 5.93. The number of fused-ring (bicyclic) bond motifs is 1. The zero-order chi connectivity index (χ0) is 14.1. The van der Waals surface area contributed by atoms with Crippen LogP contribution in [-0.4, -0.2) is 4.68 Å². The molecule has 2 aromatic heterocycles. The van der Waals surface area contributed by atoms with Crippen molar-refractivity contribution in [2.75, 3.05) is 5.43 Å². The van der Waals surface area contributed by atoms with Crippen LogP contribution >= 0.6 is 0 Å². The molecule has 2 heterocycles. The number of aryl methyl sites for hydroxylation is 3. The molecule has 3 heteroatoms. The number of para-hydroxylation sites is 1. The predicted molar refractivity (Wildman–Crippen MR) is 82.6 cm³/mol. The van der Waals surface area contributed by atoms with E-state index in [0.717, 1.165) is 24.3 Å². The fourth-order valence-corrected chi connectivity index (χ4v) is 2.70. The molecule has 20 heavy (non-hydrogen) atoms. The molecule has 1 N–H and O–H groups in total. The fourth-order valence-electron chi connectivity index (χ4n) is 2.70. The van der Waals surface area contributed by atoms with Gasteiger partial charge in [-0.15, -0.1) is 0 Å². The monoisotopic (exact) mass is 268 g/mol. The number of furan rings is 1. The zero-order valence-corrected chi connectivity index (χ0v) is 12.2. The Morgan fingerprint density at radius 2 is 1.75 bits per heavy atom. The molecule has 0 amide bonds. The van der Waals surface area contributed by atoms with Crippen molar-refractivity contribution in [1.82, 2.24) is 4.68 Å². The highest BCUT2D eigenvalue weighted by molar-refractivity contribution is 5.82. The number of benzene rings is 1. The minimum Gasteiger partial charge on any atom is -0.461 e. The lowest BCUT2D eigenvalue weighted by Crippen LogP contribution is -2.17. The highest BCUT2D eigenvalue weighted by atomic mass is 16.3. The summed E-state index contributed by atoms with van der Waals surface area (Å²) < 4.78 is 8.06. The normalized spacial score (nSPS) is 11.2. The molecule has 0 aliphatic carbocycles. The largest absolute Gasteiger partial charge is 0.461 e. The van der Waals surface area contributed by atoms with Crippen LogP contribution in [0.25, 0.3) is 11.0 Å². The first-order valence-electron chi connectivity index (χ1n) is 7.08. The molecule has 3 rings (SSSR count). The van der Waals surface area contributed by atoms with Gasteiger partial charge in [-0.3, -0.25) is 4.68 Å². The average Bonchev–Trinajstić information content (AvgIpc) is 2.98. The minimum absolute atomic E-state index is 0.774. The van der Waals surface area contributed by atoms with Crippen LogP contribution in [0.5, 0.6) is 0 Å². The lowest BCUT2D eigenvalue weighted by molar-refractivity contribution is 0.549. The van der Waals surface area contributed by atoms with Crippen molar-refractivity contribution in [3.05, 3.63) is 59.1 Å². The molecule has 0 aliphatic rings. The summed E-state index contributed by atoms with van der Waals surface area (Å²) in [6, 6.07) is 12.5. The smallest absolute Gasteiger partial charge is 0.134 e. The van der Waals surface area contributed by atoms with Crippen molar-refractivity contribution < 1.29 is 4.42 Å².